The summed E-state index contributed by atoms with van der Waals surface area (Å²) in [5.74, 6) is 1.66. The first kappa shape index (κ1) is 15.0. The molecule has 7 heteroatoms. The maximum absolute atomic E-state index is 5.32. The maximum atomic E-state index is 5.32. The van der Waals surface area contributed by atoms with Gasteiger partial charge in [-0.05, 0) is 24.4 Å². The molecule has 0 fully saturated rings. The molecule has 0 bridgehead atoms. The minimum Gasteiger partial charge on any atom is -0.493 e. The van der Waals surface area contributed by atoms with Crippen molar-refractivity contribution in [3.8, 4) is 17.2 Å². The molecule has 0 aromatic heterocycles. The molecule has 0 saturated carbocycles. The van der Waals surface area contributed by atoms with Crippen LogP contribution in [0.1, 0.15) is 5.56 Å². The molecule has 2 N–H and O–H groups in total. The molecule has 0 radical (unpaired) electrons. The van der Waals surface area contributed by atoms with Gasteiger partial charge < -0.3 is 19.5 Å². The number of thiocarbonyl (C=S) groups is 1. The van der Waals surface area contributed by atoms with Gasteiger partial charge in [-0.3, -0.25) is 5.43 Å². The molecule has 1 aromatic rings. The second-order valence-corrected chi connectivity index (χ2v) is 3.78. The second kappa shape index (κ2) is 7.42. The summed E-state index contributed by atoms with van der Waals surface area (Å²) in [5, 5.41) is 7.17. The minimum absolute atomic E-state index is 0.427. The summed E-state index contributed by atoms with van der Waals surface area (Å²) in [6.45, 7) is 0. The van der Waals surface area contributed by atoms with E-state index in [0.717, 1.165) is 5.56 Å². The summed E-state index contributed by atoms with van der Waals surface area (Å²) >= 11 is 4.91. The van der Waals surface area contributed by atoms with Gasteiger partial charge in [-0.2, -0.15) is 5.10 Å². The third kappa shape index (κ3) is 3.72. The predicted octanol–water partition coefficient (Wildman–Crippen LogP) is 1.14. The van der Waals surface area contributed by atoms with Crippen molar-refractivity contribution in [3.63, 3.8) is 0 Å². The highest BCUT2D eigenvalue weighted by atomic mass is 32.1. The van der Waals surface area contributed by atoms with Gasteiger partial charge >= 0.3 is 0 Å². The number of benzene rings is 1. The number of ether oxygens (including phenoxy) is 3. The van der Waals surface area contributed by atoms with Crippen molar-refractivity contribution in [2.75, 3.05) is 28.4 Å². The van der Waals surface area contributed by atoms with Crippen LogP contribution >= 0.6 is 12.2 Å². The van der Waals surface area contributed by atoms with Gasteiger partial charge in [0, 0.05) is 12.6 Å². The highest BCUT2D eigenvalue weighted by Gasteiger charge is 2.14. The first-order valence-corrected chi connectivity index (χ1v) is 5.88. The molecule has 0 aliphatic heterocycles. The van der Waals surface area contributed by atoms with Crippen molar-refractivity contribution >= 4 is 23.5 Å². The first-order chi connectivity index (χ1) is 9.17. The number of nitrogens with zero attached hydrogens (tertiary/aromatic N) is 1. The SMILES string of the molecule is CNC(=S)N/N=C\c1ccc(OC)c(OC)c1OC. The van der Waals surface area contributed by atoms with Crippen LogP contribution in [0.15, 0.2) is 17.2 Å². The van der Waals surface area contributed by atoms with Gasteiger partial charge in [-0.1, -0.05) is 0 Å². The topological polar surface area (TPSA) is 64.1 Å². The van der Waals surface area contributed by atoms with Gasteiger partial charge in [-0.25, -0.2) is 0 Å². The Labute approximate surface area is 117 Å². The molecular weight excluding hydrogens is 266 g/mol. The van der Waals surface area contributed by atoms with Crippen LogP contribution in [-0.2, 0) is 0 Å². The summed E-state index contributed by atoms with van der Waals surface area (Å²) < 4.78 is 15.8. The van der Waals surface area contributed by atoms with Crippen molar-refractivity contribution < 1.29 is 14.2 Å². The molecule has 6 nitrogen and oxygen atoms in total. The zero-order valence-corrected chi connectivity index (χ0v) is 12.1. The predicted molar refractivity (Wildman–Crippen MR) is 78.5 cm³/mol. The highest BCUT2D eigenvalue weighted by Crippen LogP contribution is 2.38. The molecule has 0 heterocycles. The van der Waals surface area contributed by atoms with E-state index in [4.69, 9.17) is 26.4 Å². The Kier molecular flexibility index (Phi) is 5.87. The number of methoxy groups -OCH3 is 3. The van der Waals surface area contributed by atoms with Gasteiger partial charge in [0.1, 0.15) is 0 Å². The Morgan fingerprint density at radius 3 is 2.37 bits per heavy atom. The number of hydrogen-bond acceptors (Lipinski definition) is 5. The number of hydrazone groups is 1. The molecule has 104 valence electrons. The Bertz CT molecular complexity index is 478. The van der Waals surface area contributed by atoms with Gasteiger partial charge in [-0.15, -0.1) is 0 Å². The number of rotatable bonds is 5. The highest BCUT2D eigenvalue weighted by molar-refractivity contribution is 7.80. The van der Waals surface area contributed by atoms with E-state index in [1.54, 1.807) is 40.7 Å². The Morgan fingerprint density at radius 1 is 1.16 bits per heavy atom. The summed E-state index contributed by atoms with van der Waals surface area (Å²) in [5.41, 5.74) is 3.40. The van der Waals surface area contributed by atoms with E-state index in [9.17, 15) is 0 Å². The van der Waals surface area contributed by atoms with Crippen molar-refractivity contribution in [1.29, 1.82) is 0 Å². The molecule has 0 atom stereocenters. The zero-order chi connectivity index (χ0) is 14.3. The van der Waals surface area contributed by atoms with E-state index >= 15 is 0 Å². The van der Waals surface area contributed by atoms with Gasteiger partial charge in [0.15, 0.2) is 16.6 Å². The molecule has 19 heavy (non-hydrogen) atoms. The van der Waals surface area contributed by atoms with Crippen LogP contribution in [0.5, 0.6) is 17.2 Å². The Morgan fingerprint density at radius 2 is 1.84 bits per heavy atom. The minimum atomic E-state index is 0.427. The molecule has 0 aliphatic rings. The van der Waals surface area contributed by atoms with Crippen LogP contribution in [-0.4, -0.2) is 39.7 Å². The third-order valence-corrected chi connectivity index (χ3v) is 2.63. The van der Waals surface area contributed by atoms with Gasteiger partial charge in [0.25, 0.3) is 0 Å². The molecule has 0 saturated heterocycles. The lowest BCUT2D eigenvalue weighted by atomic mass is 10.2. The number of hydrogen-bond donors (Lipinski definition) is 2. The summed E-state index contributed by atoms with van der Waals surface area (Å²) in [6, 6.07) is 3.59. The molecular formula is C12H17N3O3S. The molecule has 1 aromatic carbocycles. The largest absolute Gasteiger partial charge is 0.493 e. The molecule has 0 amide bonds. The van der Waals surface area contributed by atoms with Crippen molar-refractivity contribution in [1.82, 2.24) is 10.7 Å². The van der Waals surface area contributed by atoms with E-state index in [2.05, 4.69) is 15.8 Å². The van der Waals surface area contributed by atoms with Crippen molar-refractivity contribution in [2.24, 2.45) is 5.10 Å². The molecule has 0 unspecified atom stereocenters. The van der Waals surface area contributed by atoms with E-state index in [1.807, 2.05) is 6.07 Å². The van der Waals surface area contributed by atoms with Crippen molar-refractivity contribution in [2.45, 2.75) is 0 Å². The lowest BCUT2D eigenvalue weighted by Gasteiger charge is -2.13. The van der Waals surface area contributed by atoms with Crippen LogP contribution in [0.3, 0.4) is 0 Å². The fourth-order valence-electron chi connectivity index (χ4n) is 1.44. The average molecular weight is 283 g/mol. The fourth-order valence-corrected chi connectivity index (χ4v) is 1.50. The van der Waals surface area contributed by atoms with E-state index < -0.39 is 0 Å². The van der Waals surface area contributed by atoms with Crippen LogP contribution in [0, 0.1) is 0 Å². The van der Waals surface area contributed by atoms with Crippen LogP contribution < -0.4 is 25.0 Å². The van der Waals surface area contributed by atoms with E-state index in [1.165, 1.54) is 0 Å². The summed E-state index contributed by atoms with van der Waals surface area (Å²) in [7, 11) is 6.38. The fraction of sp³-hybridized carbons (Fsp3) is 0.333. The van der Waals surface area contributed by atoms with Gasteiger partial charge in [0.05, 0.1) is 27.5 Å². The van der Waals surface area contributed by atoms with Crippen LogP contribution in [0.4, 0.5) is 0 Å². The number of nitrogens with one attached hydrogen (secondary N) is 2. The maximum Gasteiger partial charge on any atom is 0.203 e. The quantitative estimate of drug-likeness (QED) is 0.480. The Balaban J connectivity index is 3.04. The Hall–Kier alpha value is -2.02. The summed E-state index contributed by atoms with van der Waals surface area (Å²) in [4.78, 5) is 0. The monoisotopic (exact) mass is 283 g/mol. The smallest absolute Gasteiger partial charge is 0.203 e. The second-order valence-electron chi connectivity index (χ2n) is 3.37. The van der Waals surface area contributed by atoms with E-state index in [0.29, 0.717) is 22.4 Å². The first-order valence-electron chi connectivity index (χ1n) is 5.47. The zero-order valence-electron chi connectivity index (χ0n) is 11.3. The standard InChI is InChI=1S/C12H17N3O3S/c1-13-12(19)15-14-7-8-5-6-9(16-2)11(18-4)10(8)17-3/h5-7H,1-4H3,(H2,13,15,19)/b14-7-. The molecule has 1 rings (SSSR count). The van der Waals surface area contributed by atoms with E-state index in [-0.39, 0.29) is 0 Å². The summed E-state index contributed by atoms with van der Waals surface area (Å²) in [6.07, 6.45) is 1.59. The van der Waals surface area contributed by atoms with Crippen molar-refractivity contribution in [3.05, 3.63) is 17.7 Å². The third-order valence-electron chi connectivity index (χ3n) is 2.33. The van der Waals surface area contributed by atoms with Gasteiger partial charge in [0.2, 0.25) is 5.75 Å². The molecule has 0 aliphatic carbocycles. The normalized spacial score (nSPS) is 10.1. The lowest BCUT2D eigenvalue weighted by molar-refractivity contribution is 0.324. The lowest BCUT2D eigenvalue weighted by Crippen LogP contribution is -2.28. The average Bonchev–Trinajstić information content (AvgIpc) is 2.45. The molecule has 0 spiro atoms. The van der Waals surface area contributed by atoms with Crippen LogP contribution in [0.25, 0.3) is 0 Å². The van der Waals surface area contributed by atoms with Crippen LogP contribution in [0.2, 0.25) is 0 Å².